The summed E-state index contributed by atoms with van der Waals surface area (Å²) in [5.41, 5.74) is 7.24. The first-order valence-corrected chi connectivity index (χ1v) is 24.0. The minimum absolute atomic E-state index is 0.266. The molecule has 0 heterocycles. The van der Waals surface area contributed by atoms with E-state index < -0.39 is 0 Å². The molecule has 0 unspecified atom stereocenters. The Hall–Kier alpha value is -5.10. The van der Waals surface area contributed by atoms with Gasteiger partial charge in [0.05, 0.1) is 26.4 Å². The fourth-order valence-electron chi connectivity index (χ4n) is 7.89. The van der Waals surface area contributed by atoms with Crippen LogP contribution >= 0.6 is 0 Å². The molecule has 5 aromatic carbocycles. The van der Waals surface area contributed by atoms with Crippen LogP contribution in [0.15, 0.2) is 109 Å². The van der Waals surface area contributed by atoms with Gasteiger partial charge in [-0.05, 0) is 121 Å². The molecule has 0 aliphatic rings. The Labute approximate surface area is 373 Å². The number of hydrogen-bond donors (Lipinski definition) is 2. The van der Waals surface area contributed by atoms with E-state index in [4.69, 9.17) is 18.9 Å². The fourth-order valence-corrected chi connectivity index (χ4v) is 7.89. The molecule has 0 saturated carbocycles. The number of rotatable bonds is 32. The molecular formula is C56H74O6. The molecule has 5 rings (SSSR count). The molecule has 0 aliphatic heterocycles. The molecule has 0 aliphatic carbocycles. The van der Waals surface area contributed by atoms with E-state index >= 15 is 0 Å². The van der Waals surface area contributed by atoms with Crippen molar-refractivity contribution < 1.29 is 29.2 Å². The molecule has 62 heavy (non-hydrogen) atoms. The van der Waals surface area contributed by atoms with Gasteiger partial charge in [0.15, 0.2) is 0 Å². The summed E-state index contributed by atoms with van der Waals surface area (Å²) in [7, 11) is 0. The van der Waals surface area contributed by atoms with Crippen LogP contribution in [-0.4, -0.2) is 36.6 Å². The Bertz CT molecular complexity index is 1780. The molecule has 5 aromatic rings. The summed E-state index contributed by atoms with van der Waals surface area (Å²) < 4.78 is 25.0. The molecule has 2 N–H and O–H groups in total. The number of unbranched alkanes of at least 4 members (excludes halogenated alkanes) is 14. The number of aryl methyl sites for hydroxylation is 2. The van der Waals surface area contributed by atoms with E-state index in [1.807, 2.05) is 24.3 Å². The maximum absolute atomic E-state index is 9.44. The maximum Gasteiger partial charge on any atom is 0.128 e. The van der Waals surface area contributed by atoms with Crippen molar-refractivity contribution in [1.29, 1.82) is 0 Å². The van der Waals surface area contributed by atoms with Crippen LogP contribution in [0.25, 0.3) is 22.3 Å². The van der Waals surface area contributed by atoms with Gasteiger partial charge in [-0.3, -0.25) is 0 Å². The first kappa shape index (κ1) is 47.9. The third-order valence-corrected chi connectivity index (χ3v) is 11.5. The van der Waals surface area contributed by atoms with E-state index in [1.54, 1.807) is 24.3 Å². The number of phenols is 2. The average Bonchev–Trinajstić information content (AvgIpc) is 3.29. The van der Waals surface area contributed by atoms with Crippen LogP contribution in [0.3, 0.4) is 0 Å². The molecule has 0 atom stereocenters. The Kier molecular flexibility index (Phi) is 22.0. The molecule has 0 saturated heterocycles. The normalized spacial score (nSPS) is 11.1. The van der Waals surface area contributed by atoms with Gasteiger partial charge in [0, 0.05) is 11.1 Å². The summed E-state index contributed by atoms with van der Waals surface area (Å²) in [6.07, 6.45) is 23.2. The van der Waals surface area contributed by atoms with Crippen LogP contribution in [0.5, 0.6) is 34.5 Å². The minimum atomic E-state index is 0.266. The van der Waals surface area contributed by atoms with Gasteiger partial charge in [-0.1, -0.05) is 152 Å². The zero-order valence-electron chi connectivity index (χ0n) is 37.9. The van der Waals surface area contributed by atoms with E-state index in [-0.39, 0.29) is 11.5 Å². The molecule has 0 amide bonds. The van der Waals surface area contributed by atoms with Crippen LogP contribution < -0.4 is 18.9 Å². The zero-order chi connectivity index (χ0) is 43.5. The Morgan fingerprint density at radius 2 is 0.629 bits per heavy atom. The highest BCUT2D eigenvalue weighted by Gasteiger charge is 2.16. The summed E-state index contributed by atoms with van der Waals surface area (Å²) in [6, 6.07) is 36.4. The predicted molar refractivity (Wildman–Crippen MR) is 257 cm³/mol. The topological polar surface area (TPSA) is 77.4 Å². The molecule has 6 nitrogen and oxygen atoms in total. The lowest BCUT2D eigenvalue weighted by Gasteiger charge is -2.19. The van der Waals surface area contributed by atoms with E-state index in [9.17, 15) is 10.2 Å². The highest BCUT2D eigenvalue weighted by molar-refractivity contribution is 5.81. The SMILES string of the molecule is CCCc1ccc(-c2cc(OCCCCCCCCCCOc3ccc(O)cc3)c(-c3ccc(CCC)cc3)cc2OCCCCCCCCCCOc2ccc(O)cc2)cc1. The van der Waals surface area contributed by atoms with Crippen LogP contribution in [0.2, 0.25) is 0 Å². The van der Waals surface area contributed by atoms with Gasteiger partial charge in [0.2, 0.25) is 0 Å². The van der Waals surface area contributed by atoms with Crippen molar-refractivity contribution in [3.63, 3.8) is 0 Å². The van der Waals surface area contributed by atoms with E-state index in [2.05, 4.69) is 74.5 Å². The molecule has 0 spiro atoms. The minimum Gasteiger partial charge on any atom is -0.508 e. The average molecular weight is 843 g/mol. The Balaban J connectivity index is 1.11. The number of benzene rings is 5. The molecule has 6 heteroatoms. The lowest BCUT2D eigenvalue weighted by atomic mass is 9.96. The quantitative estimate of drug-likeness (QED) is 0.0420. The molecule has 0 bridgehead atoms. The van der Waals surface area contributed by atoms with Crippen LogP contribution in [0.1, 0.15) is 141 Å². The first-order valence-electron chi connectivity index (χ1n) is 24.0. The van der Waals surface area contributed by atoms with Gasteiger partial charge in [-0.15, -0.1) is 0 Å². The summed E-state index contributed by atoms with van der Waals surface area (Å²) in [4.78, 5) is 0. The standard InChI is InChI=1S/C56H74O6/c1-3-21-45-23-27-47(28-24-45)53-43-56(62-42-20-16-12-8-6-10-14-18-40-60-52-37-33-50(58)34-38-52)54(48-29-25-46(22-4-2)26-30-48)44-55(53)61-41-19-15-11-7-5-9-13-17-39-59-51-35-31-49(57)32-36-51/h23-38,43-44,57-58H,3-22,39-42H2,1-2H3. The second kappa shape index (κ2) is 28.5. The van der Waals surface area contributed by atoms with Crippen molar-refractivity contribution in [3.05, 3.63) is 120 Å². The van der Waals surface area contributed by atoms with Crippen LogP contribution in [-0.2, 0) is 12.8 Å². The summed E-state index contributed by atoms with van der Waals surface area (Å²) in [6.45, 7) is 7.28. The van der Waals surface area contributed by atoms with Crippen molar-refractivity contribution in [3.8, 4) is 56.8 Å². The van der Waals surface area contributed by atoms with Gasteiger partial charge in [-0.2, -0.15) is 0 Å². The van der Waals surface area contributed by atoms with Gasteiger partial charge < -0.3 is 29.2 Å². The number of phenolic OH excluding ortho intramolecular Hbond substituents is 2. The third kappa shape index (κ3) is 17.7. The predicted octanol–water partition coefficient (Wildman–Crippen LogP) is 15.5. The van der Waals surface area contributed by atoms with Crippen LogP contribution in [0.4, 0.5) is 0 Å². The zero-order valence-corrected chi connectivity index (χ0v) is 37.9. The second-order valence-corrected chi connectivity index (χ2v) is 16.8. The second-order valence-electron chi connectivity index (χ2n) is 16.8. The van der Waals surface area contributed by atoms with E-state index in [0.717, 1.165) is 123 Å². The monoisotopic (exact) mass is 843 g/mol. The van der Waals surface area contributed by atoms with Crippen molar-refractivity contribution in [2.24, 2.45) is 0 Å². The Morgan fingerprint density at radius 1 is 0.339 bits per heavy atom. The van der Waals surface area contributed by atoms with Crippen LogP contribution in [0, 0.1) is 0 Å². The molecule has 0 fully saturated rings. The van der Waals surface area contributed by atoms with Gasteiger partial charge in [0.1, 0.15) is 34.5 Å². The van der Waals surface area contributed by atoms with Crippen molar-refractivity contribution in [2.75, 3.05) is 26.4 Å². The largest absolute Gasteiger partial charge is 0.508 e. The highest BCUT2D eigenvalue weighted by Crippen LogP contribution is 2.42. The van der Waals surface area contributed by atoms with E-state index in [1.165, 1.54) is 75.3 Å². The lowest BCUT2D eigenvalue weighted by Crippen LogP contribution is -2.03. The Morgan fingerprint density at radius 3 is 0.935 bits per heavy atom. The van der Waals surface area contributed by atoms with Gasteiger partial charge >= 0.3 is 0 Å². The summed E-state index contributed by atoms with van der Waals surface area (Å²) in [5.74, 6) is 4.01. The van der Waals surface area contributed by atoms with Crippen molar-refractivity contribution >= 4 is 0 Å². The highest BCUT2D eigenvalue weighted by atomic mass is 16.5. The summed E-state index contributed by atoms with van der Waals surface area (Å²) in [5, 5.41) is 18.9. The molecule has 0 aromatic heterocycles. The molecule has 0 radical (unpaired) electrons. The number of hydrogen-bond acceptors (Lipinski definition) is 6. The van der Waals surface area contributed by atoms with Crippen molar-refractivity contribution in [2.45, 2.75) is 142 Å². The molecular weight excluding hydrogens is 769 g/mol. The van der Waals surface area contributed by atoms with E-state index in [0.29, 0.717) is 13.2 Å². The summed E-state index contributed by atoms with van der Waals surface area (Å²) >= 11 is 0. The first-order chi connectivity index (χ1) is 30.5. The van der Waals surface area contributed by atoms with Crippen molar-refractivity contribution in [1.82, 2.24) is 0 Å². The van der Waals surface area contributed by atoms with Gasteiger partial charge in [-0.25, -0.2) is 0 Å². The molecule has 334 valence electrons. The third-order valence-electron chi connectivity index (χ3n) is 11.5. The fraction of sp³-hybridized carbons (Fsp3) is 0.464. The number of aromatic hydroxyl groups is 2. The smallest absolute Gasteiger partial charge is 0.128 e. The maximum atomic E-state index is 9.44. The number of ether oxygens (including phenoxy) is 4. The van der Waals surface area contributed by atoms with Gasteiger partial charge in [0.25, 0.3) is 0 Å². The lowest BCUT2D eigenvalue weighted by molar-refractivity contribution is 0.297.